The van der Waals surface area contributed by atoms with Crippen LogP contribution >= 0.6 is 15.9 Å². The van der Waals surface area contributed by atoms with Crippen molar-refractivity contribution in [3.8, 4) is 0 Å². The Kier molecular flexibility index (Phi) is 4.57. The van der Waals surface area contributed by atoms with Crippen LogP contribution in [0.2, 0.25) is 0 Å². The fourth-order valence-electron chi connectivity index (χ4n) is 1.83. The number of nitrogens with zero attached hydrogens (tertiary/aromatic N) is 2. The molecule has 1 aliphatic rings. The van der Waals surface area contributed by atoms with Crippen LogP contribution in [0.4, 0.5) is 5.69 Å². The Morgan fingerprint density at radius 1 is 1.50 bits per heavy atom. The van der Waals surface area contributed by atoms with Crippen LogP contribution in [0.1, 0.15) is 40.5 Å². The fraction of sp³-hybridized carbons (Fsp3) is 0.733. The van der Waals surface area contributed by atoms with E-state index in [0.717, 1.165) is 18.8 Å². The highest BCUT2D eigenvalue weighted by atomic mass is 79.9. The SMILES string of the molecule is CC(CNc1cnn(CC2CC2)c(=O)c1Br)C(C)(C)C. The van der Waals surface area contributed by atoms with Gasteiger partial charge in [0.15, 0.2) is 0 Å². The molecule has 1 heterocycles. The minimum absolute atomic E-state index is 0.0367. The highest BCUT2D eigenvalue weighted by Crippen LogP contribution is 2.30. The van der Waals surface area contributed by atoms with E-state index >= 15 is 0 Å². The smallest absolute Gasteiger partial charge is 0.283 e. The van der Waals surface area contributed by atoms with Crippen LogP contribution in [0.5, 0.6) is 0 Å². The van der Waals surface area contributed by atoms with E-state index in [-0.39, 0.29) is 11.0 Å². The van der Waals surface area contributed by atoms with Crippen molar-refractivity contribution in [2.24, 2.45) is 17.3 Å². The molecule has 1 unspecified atom stereocenters. The van der Waals surface area contributed by atoms with Crippen molar-refractivity contribution in [3.05, 3.63) is 21.0 Å². The van der Waals surface area contributed by atoms with Crippen molar-refractivity contribution >= 4 is 21.6 Å². The van der Waals surface area contributed by atoms with Crippen LogP contribution in [0, 0.1) is 17.3 Å². The molecule has 2 rings (SSSR count). The van der Waals surface area contributed by atoms with Crippen molar-refractivity contribution in [2.45, 2.75) is 47.1 Å². The Bertz CT molecular complexity index is 529. The van der Waals surface area contributed by atoms with Gasteiger partial charge in [0.2, 0.25) is 0 Å². The summed E-state index contributed by atoms with van der Waals surface area (Å²) in [6, 6.07) is 0. The third-order valence-corrected chi connectivity index (χ3v) is 4.96. The molecule has 4 nitrogen and oxygen atoms in total. The van der Waals surface area contributed by atoms with Gasteiger partial charge in [-0.1, -0.05) is 27.7 Å². The summed E-state index contributed by atoms with van der Waals surface area (Å²) in [6.07, 6.45) is 4.19. The van der Waals surface area contributed by atoms with Crippen LogP contribution < -0.4 is 10.9 Å². The van der Waals surface area contributed by atoms with E-state index in [1.165, 1.54) is 12.8 Å². The lowest BCUT2D eigenvalue weighted by atomic mass is 9.82. The molecular formula is C15H24BrN3O. The van der Waals surface area contributed by atoms with E-state index in [4.69, 9.17) is 0 Å². The molecule has 112 valence electrons. The zero-order valence-electron chi connectivity index (χ0n) is 12.7. The summed E-state index contributed by atoms with van der Waals surface area (Å²) in [5, 5.41) is 7.60. The van der Waals surface area contributed by atoms with Gasteiger partial charge in [-0.15, -0.1) is 0 Å². The Morgan fingerprint density at radius 2 is 2.15 bits per heavy atom. The zero-order valence-corrected chi connectivity index (χ0v) is 14.3. The Hall–Kier alpha value is -0.840. The van der Waals surface area contributed by atoms with E-state index < -0.39 is 0 Å². The van der Waals surface area contributed by atoms with E-state index in [1.54, 1.807) is 10.9 Å². The van der Waals surface area contributed by atoms with E-state index in [9.17, 15) is 4.79 Å². The molecule has 1 saturated carbocycles. The Labute approximate surface area is 129 Å². The van der Waals surface area contributed by atoms with Crippen molar-refractivity contribution in [1.29, 1.82) is 0 Å². The predicted octanol–water partition coefficient (Wildman–Crippen LogP) is 3.51. The summed E-state index contributed by atoms with van der Waals surface area (Å²) in [5.41, 5.74) is 0.997. The first kappa shape index (κ1) is 15.5. The van der Waals surface area contributed by atoms with Crippen molar-refractivity contribution in [2.75, 3.05) is 11.9 Å². The van der Waals surface area contributed by atoms with E-state index in [2.05, 4.69) is 54.0 Å². The quantitative estimate of drug-likeness (QED) is 0.891. The number of nitrogens with one attached hydrogen (secondary N) is 1. The maximum atomic E-state index is 12.2. The number of halogens is 1. The molecule has 0 radical (unpaired) electrons. The number of aromatic nitrogens is 2. The molecule has 0 spiro atoms. The van der Waals surface area contributed by atoms with Crippen LogP contribution in [0.3, 0.4) is 0 Å². The van der Waals surface area contributed by atoms with Gasteiger partial charge in [0.05, 0.1) is 11.9 Å². The molecule has 1 N–H and O–H groups in total. The van der Waals surface area contributed by atoms with Crippen molar-refractivity contribution in [1.82, 2.24) is 9.78 Å². The average molecular weight is 342 g/mol. The van der Waals surface area contributed by atoms with Crippen molar-refractivity contribution in [3.63, 3.8) is 0 Å². The molecule has 20 heavy (non-hydrogen) atoms. The average Bonchev–Trinajstić information content (AvgIpc) is 3.16. The molecule has 0 amide bonds. The van der Waals surface area contributed by atoms with Gasteiger partial charge in [0.1, 0.15) is 4.47 Å². The molecular weight excluding hydrogens is 318 g/mol. The highest BCUT2D eigenvalue weighted by molar-refractivity contribution is 9.10. The third-order valence-electron chi connectivity index (χ3n) is 4.19. The monoisotopic (exact) mass is 341 g/mol. The second kappa shape index (κ2) is 5.88. The molecule has 0 saturated heterocycles. The summed E-state index contributed by atoms with van der Waals surface area (Å²) in [6.45, 7) is 10.5. The lowest BCUT2D eigenvalue weighted by Crippen LogP contribution is -2.28. The molecule has 5 heteroatoms. The largest absolute Gasteiger partial charge is 0.382 e. The maximum absolute atomic E-state index is 12.2. The van der Waals surface area contributed by atoms with Gasteiger partial charge >= 0.3 is 0 Å². The number of anilines is 1. The molecule has 1 aliphatic carbocycles. The van der Waals surface area contributed by atoms with E-state index in [0.29, 0.717) is 16.3 Å². The molecule has 1 atom stereocenters. The lowest BCUT2D eigenvalue weighted by Gasteiger charge is -2.27. The van der Waals surface area contributed by atoms with Gasteiger partial charge in [0.25, 0.3) is 5.56 Å². The van der Waals surface area contributed by atoms with Gasteiger partial charge in [-0.05, 0) is 46.0 Å². The molecule has 1 aromatic heterocycles. The van der Waals surface area contributed by atoms with Crippen LogP contribution in [0.25, 0.3) is 0 Å². The summed E-state index contributed by atoms with van der Waals surface area (Å²) in [5.74, 6) is 1.15. The summed E-state index contributed by atoms with van der Waals surface area (Å²) in [7, 11) is 0. The Balaban J connectivity index is 2.05. The topological polar surface area (TPSA) is 46.9 Å². The summed E-state index contributed by atoms with van der Waals surface area (Å²) >= 11 is 3.41. The first-order chi connectivity index (χ1) is 9.29. The third kappa shape index (κ3) is 3.84. The van der Waals surface area contributed by atoms with Crippen LogP contribution in [0.15, 0.2) is 15.5 Å². The van der Waals surface area contributed by atoms with Crippen molar-refractivity contribution < 1.29 is 0 Å². The van der Waals surface area contributed by atoms with Crippen LogP contribution in [-0.2, 0) is 6.54 Å². The number of hydrogen-bond donors (Lipinski definition) is 1. The maximum Gasteiger partial charge on any atom is 0.283 e. The first-order valence-corrected chi connectivity index (χ1v) is 8.08. The number of hydrogen-bond acceptors (Lipinski definition) is 3. The lowest BCUT2D eigenvalue weighted by molar-refractivity contribution is 0.274. The fourth-order valence-corrected chi connectivity index (χ4v) is 2.28. The molecule has 1 fully saturated rings. The molecule has 0 bridgehead atoms. The van der Waals surface area contributed by atoms with Gasteiger partial charge < -0.3 is 5.32 Å². The molecule has 0 aliphatic heterocycles. The summed E-state index contributed by atoms with van der Waals surface area (Å²) < 4.78 is 2.16. The highest BCUT2D eigenvalue weighted by Gasteiger charge is 2.24. The second-order valence-corrected chi connectivity index (χ2v) is 7.74. The Morgan fingerprint density at radius 3 is 2.70 bits per heavy atom. The first-order valence-electron chi connectivity index (χ1n) is 7.28. The standard InChI is InChI=1S/C15H24BrN3O/c1-10(15(2,3)4)7-17-12-8-18-19(9-11-5-6-11)14(20)13(12)16/h8,10-11,17H,5-7,9H2,1-4H3. The van der Waals surface area contributed by atoms with Gasteiger partial charge in [-0.2, -0.15) is 5.10 Å². The minimum atomic E-state index is -0.0367. The van der Waals surface area contributed by atoms with E-state index in [1.807, 2.05) is 0 Å². The molecule has 1 aromatic rings. The number of rotatable bonds is 5. The summed E-state index contributed by atoms with van der Waals surface area (Å²) in [4.78, 5) is 12.2. The van der Waals surface area contributed by atoms with Gasteiger partial charge in [-0.25, -0.2) is 4.68 Å². The van der Waals surface area contributed by atoms with Gasteiger partial charge in [-0.3, -0.25) is 4.79 Å². The predicted molar refractivity (Wildman–Crippen MR) is 86.0 cm³/mol. The minimum Gasteiger partial charge on any atom is -0.382 e. The van der Waals surface area contributed by atoms with Crippen LogP contribution in [-0.4, -0.2) is 16.3 Å². The molecule has 0 aromatic carbocycles. The van der Waals surface area contributed by atoms with Gasteiger partial charge in [0, 0.05) is 13.1 Å². The second-order valence-electron chi connectivity index (χ2n) is 6.95. The normalized spacial score (nSPS) is 17.1. The zero-order chi connectivity index (χ0) is 14.9.